The highest BCUT2D eigenvalue weighted by Crippen LogP contribution is 2.32. The number of hydrogen-bond acceptors (Lipinski definition) is 6. The van der Waals surface area contributed by atoms with Gasteiger partial charge in [-0.05, 0) is 35.0 Å². The normalized spacial score (nSPS) is 11.2. The van der Waals surface area contributed by atoms with Crippen molar-refractivity contribution in [1.29, 1.82) is 0 Å². The smallest absolute Gasteiger partial charge is 0.297 e. The summed E-state index contributed by atoms with van der Waals surface area (Å²) in [5.41, 5.74) is -0.454. The van der Waals surface area contributed by atoms with Crippen LogP contribution in [0.5, 0.6) is 0 Å². The zero-order valence-corrected chi connectivity index (χ0v) is 13.6. The highest BCUT2D eigenvalue weighted by molar-refractivity contribution is 9.10. The first-order valence-corrected chi connectivity index (χ1v) is 8.10. The molecule has 22 heavy (non-hydrogen) atoms. The van der Waals surface area contributed by atoms with Crippen molar-refractivity contribution in [3.63, 3.8) is 0 Å². The van der Waals surface area contributed by atoms with Gasteiger partial charge in [0.15, 0.2) is 10.7 Å². The van der Waals surface area contributed by atoms with Gasteiger partial charge in [0.2, 0.25) is 0 Å². The lowest BCUT2D eigenvalue weighted by Gasteiger charge is -2.07. The Bertz CT molecular complexity index is 860. The lowest BCUT2D eigenvalue weighted by atomic mass is 10.2. The molecule has 1 aromatic heterocycles. The number of halogens is 1. The number of benzene rings is 1. The van der Waals surface area contributed by atoms with Gasteiger partial charge in [-0.2, -0.15) is 0 Å². The number of hydrogen-bond donors (Lipinski definition) is 1. The summed E-state index contributed by atoms with van der Waals surface area (Å²) in [5.74, 6) is 0.280. The Labute approximate surface area is 134 Å². The lowest BCUT2D eigenvalue weighted by Crippen LogP contribution is -2.15. The molecule has 8 nitrogen and oxygen atoms in total. The van der Waals surface area contributed by atoms with Crippen LogP contribution in [0.2, 0.25) is 0 Å². The first-order valence-electron chi connectivity index (χ1n) is 5.82. The van der Waals surface area contributed by atoms with Gasteiger partial charge in [0, 0.05) is 0 Å². The minimum Gasteiger partial charge on any atom is -0.358 e. The number of sulfonamides is 1. The van der Waals surface area contributed by atoms with Crippen LogP contribution in [0, 0.1) is 17.0 Å². The Morgan fingerprint density at radius 1 is 1.50 bits per heavy atom. The average Bonchev–Trinajstić information content (AvgIpc) is 2.77. The van der Waals surface area contributed by atoms with E-state index in [2.05, 4.69) is 32.4 Å². The number of nitro benzene ring substituents is 1. The largest absolute Gasteiger partial charge is 0.358 e. The molecule has 10 heteroatoms. The first-order chi connectivity index (χ1) is 10.3. The lowest BCUT2D eigenvalue weighted by molar-refractivity contribution is -0.388. The van der Waals surface area contributed by atoms with E-state index >= 15 is 0 Å². The van der Waals surface area contributed by atoms with E-state index in [-0.39, 0.29) is 11.4 Å². The minimum atomic E-state index is -4.22. The molecule has 0 bridgehead atoms. The molecule has 0 aliphatic carbocycles. The number of aryl methyl sites for hydroxylation is 1. The Morgan fingerprint density at radius 3 is 2.68 bits per heavy atom. The molecule has 0 unspecified atom stereocenters. The van der Waals surface area contributed by atoms with Gasteiger partial charge in [0.1, 0.15) is 10.2 Å². The minimum absolute atomic E-state index is 0.0872. The summed E-state index contributed by atoms with van der Waals surface area (Å²) < 4.78 is 32.1. The maximum absolute atomic E-state index is 12.4. The number of anilines is 1. The van der Waals surface area contributed by atoms with Gasteiger partial charge in [-0.3, -0.25) is 14.8 Å². The predicted molar refractivity (Wildman–Crippen MR) is 82.9 cm³/mol. The van der Waals surface area contributed by atoms with E-state index < -0.39 is 25.5 Å². The van der Waals surface area contributed by atoms with E-state index in [4.69, 9.17) is 4.52 Å². The molecule has 0 fully saturated rings. The summed E-state index contributed by atoms with van der Waals surface area (Å²) >= 11 is 3.12. The summed E-state index contributed by atoms with van der Waals surface area (Å²) in [6.45, 7) is 5.02. The Balaban J connectivity index is 2.57. The van der Waals surface area contributed by atoms with Gasteiger partial charge < -0.3 is 4.52 Å². The van der Waals surface area contributed by atoms with Gasteiger partial charge in [0.05, 0.1) is 10.5 Å². The third-order valence-corrected chi connectivity index (χ3v) is 5.05. The molecule has 0 radical (unpaired) electrons. The molecule has 0 aliphatic heterocycles. The average molecular weight is 388 g/mol. The third-order valence-electron chi connectivity index (χ3n) is 2.74. The molecule has 0 aliphatic rings. The first kappa shape index (κ1) is 16.2. The van der Waals surface area contributed by atoms with Crippen LogP contribution >= 0.6 is 15.9 Å². The van der Waals surface area contributed by atoms with E-state index in [0.717, 1.165) is 6.07 Å². The molecule has 0 amide bonds. The van der Waals surface area contributed by atoms with E-state index in [1.807, 2.05) is 0 Å². The molecule has 0 spiro atoms. The standard InChI is InChI=1S/C12H10BrN3O5S/c1-3-8-5-4-6-9(11(8)16(17)18)22(19,20)15-12-10(13)7(2)21-14-12/h3-6H,1H2,2H3,(H,14,15). The third kappa shape index (κ3) is 2.88. The fourth-order valence-corrected chi connectivity index (χ4v) is 3.31. The van der Waals surface area contributed by atoms with Gasteiger partial charge in [0.25, 0.3) is 15.7 Å². The molecule has 2 rings (SSSR count). The van der Waals surface area contributed by atoms with Gasteiger partial charge in [-0.25, -0.2) is 8.42 Å². The Hall–Kier alpha value is -2.20. The molecule has 0 saturated heterocycles. The van der Waals surface area contributed by atoms with Crippen molar-refractivity contribution < 1.29 is 17.9 Å². The van der Waals surface area contributed by atoms with Crippen molar-refractivity contribution in [3.8, 4) is 0 Å². The molecule has 2 aromatic rings. The van der Waals surface area contributed by atoms with E-state index in [9.17, 15) is 18.5 Å². The van der Waals surface area contributed by atoms with Crippen molar-refractivity contribution >= 4 is 43.5 Å². The van der Waals surface area contributed by atoms with E-state index in [1.54, 1.807) is 6.92 Å². The topological polar surface area (TPSA) is 115 Å². The fourth-order valence-electron chi connectivity index (χ4n) is 1.72. The van der Waals surface area contributed by atoms with Crippen molar-refractivity contribution in [1.82, 2.24) is 5.16 Å². The molecule has 1 aromatic carbocycles. The van der Waals surface area contributed by atoms with Crippen LogP contribution in [0.4, 0.5) is 11.5 Å². The monoisotopic (exact) mass is 387 g/mol. The number of rotatable bonds is 5. The molecule has 0 saturated carbocycles. The summed E-state index contributed by atoms with van der Waals surface area (Å²) in [6, 6.07) is 3.93. The second kappa shape index (κ2) is 5.89. The van der Waals surface area contributed by atoms with Crippen molar-refractivity contribution in [2.75, 3.05) is 4.72 Å². The summed E-state index contributed by atoms with van der Waals surface area (Å²) in [4.78, 5) is 9.94. The van der Waals surface area contributed by atoms with Gasteiger partial charge >= 0.3 is 0 Å². The van der Waals surface area contributed by atoms with Crippen molar-refractivity contribution in [3.05, 3.63) is 50.7 Å². The molecule has 0 atom stereocenters. The molecular formula is C12H10BrN3O5S. The molecule has 1 N–H and O–H groups in total. The van der Waals surface area contributed by atoms with Crippen LogP contribution in [-0.2, 0) is 10.0 Å². The van der Waals surface area contributed by atoms with Crippen LogP contribution in [0.1, 0.15) is 11.3 Å². The zero-order chi connectivity index (χ0) is 16.5. The van der Waals surface area contributed by atoms with Crippen LogP contribution < -0.4 is 4.72 Å². The SMILES string of the molecule is C=Cc1cccc(S(=O)(=O)Nc2noc(C)c2Br)c1[N+](=O)[O-]. The summed E-state index contributed by atoms with van der Waals surface area (Å²) in [6.07, 6.45) is 1.22. The van der Waals surface area contributed by atoms with Crippen LogP contribution in [0.15, 0.2) is 38.7 Å². The highest BCUT2D eigenvalue weighted by Gasteiger charge is 2.29. The number of nitrogens with one attached hydrogen (secondary N) is 1. The van der Waals surface area contributed by atoms with Crippen LogP contribution in [0.3, 0.4) is 0 Å². The van der Waals surface area contributed by atoms with Gasteiger partial charge in [-0.15, -0.1) is 0 Å². The predicted octanol–water partition coefficient (Wildman–Crippen LogP) is 3.10. The van der Waals surface area contributed by atoms with E-state index in [1.165, 1.54) is 18.2 Å². The summed E-state index contributed by atoms with van der Waals surface area (Å²) in [7, 11) is -4.22. The number of para-hydroxylation sites is 1. The van der Waals surface area contributed by atoms with Gasteiger partial charge in [-0.1, -0.05) is 23.9 Å². The number of nitro groups is 1. The second-order valence-electron chi connectivity index (χ2n) is 4.16. The zero-order valence-electron chi connectivity index (χ0n) is 11.2. The summed E-state index contributed by atoms with van der Waals surface area (Å²) in [5, 5.41) is 14.7. The molecular weight excluding hydrogens is 378 g/mol. The molecule has 116 valence electrons. The van der Waals surface area contributed by atoms with E-state index in [0.29, 0.717) is 10.2 Å². The maximum Gasteiger partial charge on any atom is 0.297 e. The Kier molecular flexibility index (Phi) is 4.33. The number of aromatic nitrogens is 1. The van der Waals surface area contributed by atoms with Crippen molar-refractivity contribution in [2.24, 2.45) is 0 Å². The second-order valence-corrected chi connectivity index (χ2v) is 6.61. The van der Waals surface area contributed by atoms with Crippen LogP contribution in [0.25, 0.3) is 6.08 Å². The highest BCUT2D eigenvalue weighted by atomic mass is 79.9. The Morgan fingerprint density at radius 2 is 2.18 bits per heavy atom. The fraction of sp³-hybridized carbons (Fsp3) is 0.0833. The molecule has 1 heterocycles. The number of nitrogens with zero attached hydrogens (tertiary/aromatic N) is 2. The quantitative estimate of drug-likeness (QED) is 0.622. The van der Waals surface area contributed by atoms with Crippen LogP contribution in [-0.4, -0.2) is 18.5 Å². The van der Waals surface area contributed by atoms with Crippen molar-refractivity contribution in [2.45, 2.75) is 11.8 Å². The maximum atomic E-state index is 12.4.